The van der Waals surface area contributed by atoms with Gasteiger partial charge in [0.1, 0.15) is 24.1 Å². The standard InChI is InChI=1S/C20H26N4O3/c1-15-5-3-4-6-20(15)27-12-10-22-18-13-17(7-8-19(18)24(25)26)23-11-9-21-16(2)14-23/h3-8,13,16,21-22H,9-12,14H2,1-2H3/p+1/t16-/m0/s1. The number of nitrogens with one attached hydrogen (secondary N) is 1. The summed E-state index contributed by atoms with van der Waals surface area (Å²) in [4.78, 5) is 13.3. The van der Waals surface area contributed by atoms with E-state index in [0.717, 1.165) is 36.6 Å². The molecule has 7 nitrogen and oxygen atoms in total. The Labute approximate surface area is 159 Å². The third kappa shape index (κ3) is 4.89. The van der Waals surface area contributed by atoms with Gasteiger partial charge in [-0.3, -0.25) is 10.1 Å². The molecule has 2 aromatic carbocycles. The smallest absolute Gasteiger partial charge is 0.292 e. The molecule has 1 heterocycles. The predicted molar refractivity (Wildman–Crippen MR) is 107 cm³/mol. The predicted octanol–water partition coefficient (Wildman–Crippen LogP) is 2.17. The number of nitro benzene ring substituents is 1. The first-order valence-corrected chi connectivity index (χ1v) is 9.33. The highest BCUT2D eigenvalue weighted by Gasteiger charge is 2.21. The average Bonchev–Trinajstić information content (AvgIpc) is 2.66. The van der Waals surface area contributed by atoms with Crippen molar-refractivity contribution in [3.05, 3.63) is 58.1 Å². The monoisotopic (exact) mass is 371 g/mol. The summed E-state index contributed by atoms with van der Waals surface area (Å²) in [7, 11) is 0. The van der Waals surface area contributed by atoms with Crippen LogP contribution in [0, 0.1) is 17.0 Å². The highest BCUT2D eigenvalue weighted by molar-refractivity contribution is 5.69. The van der Waals surface area contributed by atoms with Gasteiger partial charge in [0, 0.05) is 18.3 Å². The molecule has 3 rings (SSSR count). The van der Waals surface area contributed by atoms with Crippen LogP contribution >= 0.6 is 0 Å². The van der Waals surface area contributed by atoms with Crippen LogP contribution in [0.5, 0.6) is 5.75 Å². The molecule has 1 saturated heterocycles. The molecule has 27 heavy (non-hydrogen) atoms. The zero-order chi connectivity index (χ0) is 19.2. The lowest BCUT2D eigenvalue weighted by Crippen LogP contribution is -2.94. The lowest BCUT2D eigenvalue weighted by Gasteiger charge is -2.31. The first kappa shape index (κ1) is 19.0. The quantitative estimate of drug-likeness (QED) is 0.443. The first-order valence-electron chi connectivity index (χ1n) is 9.33. The molecular weight excluding hydrogens is 344 g/mol. The van der Waals surface area contributed by atoms with E-state index in [9.17, 15) is 10.1 Å². The van der Waals surface area contributed by atoms with Crippen LogP contribution < -0.4 is 20.3 Å². The van der Waals surface area contributed by atoms with Crippen LogP contribution in [0.3, 0.4) is 0 Å². The molecule has 0 unspecified atom stereocenters. The maximum atomic E-state index is 11.4. The molecule has 2 aromatic rings. The van der Waals surface area contributed by atoms with E-state index in [1.54, 1.807) is 6.07 Å². The van der Waals surface area contributed by atoms with E-state index in [4.69, 9.17) is 4.74 Å². The van der Waals surface area contributed by atoms with Crippen LogP contribution in [0.25, 0.3) is 0 Å². The summed E-state index contributed by atoms with van der Waals surface area (Å²) < 4.78 is 5.77. The van der Waals surface area contributed by atoms with Crippen molar-refractivity contribution in [2.24, 2.45) is 0 Å². The van der Waals surface area contributed by atoms with Crippen LogP contribution in [-0.4, -0.2) is 43.8 Å². The fourth-order valence-electron chi connectivity index (χ4n) is 3.35. The highest BCUT2D eigenvalue weighted by atomic mass is 16.6. The van der Waals surface area contributed by atoms with Crippen molar-refractivity contribution in [2.75, 3.05) is 43.0 Å². The number of quaternary nitrogens is 1. The molecule has 0 bridgehead atoms. The SMILES string of the molecule is Cc1ccccc1OCCNc1cc(N2CC[NH2+][C@@H](C)C2)ccc1[N+](=O)[O-]. The second kappa shape index (κ2) is 8.73. The van der Waals surface area contributed by atoms with Gasteiger partial charge in [-0.1, -0.05) is 18.2 Å². The van der Waals surface area contributed by atoms with Crippen molar-refractivity contribution in [1.82, 2.24) is 0 Å². The molecule has 144 valence electrons. The largest absolute Gasteiger partial charge is 0.491 e. The number of para-hydroxylation sites is 1. The van der Waals surface area contributed by atoms with Gasteiger partial charge in [0.15, 0.2) is 0 Å². The third-order valence-electron chi connectivity index (χ3n) is 4.79. The number of benzene rings is 2. The van der Waals surface area contributed by atoms with E-state index in [1.165, 1.54) is 0 Å². The van der Waals surface area contributed by atoms with Crippen LogP contribution in [-0.2, 0) is 0 Å². The Balaban J connectivity index is 1.66. The van der Waals surface area contributed by atoms with Crippen LogP contribution in [0.15, 0.2) is 42.5 Å². The van der Waals surface area contributed by atoms with Gasteiger partial charge in [0.25, 0.3) is 5.69 Å². The van der Waals surface area contributed by atoms with Crippen molar-refractivity contribution >= 4 is 17.1 Å². The second-order valence-corrected chi connectivity index (χ2v) is 6.95. The number of aryl methyl sites for hydroxylation is 1. The second-order valence-electron chi connectivity index (χ2n) is 6.95. The lowest BCUT2D eigenvalue weighted by molar-refractivity contribution is -0.687. The minimum absolute atomic E-state index is 0.0891. The van der Waals surface area contributed by atoms with Crippen molar-refractivity contribution in [3.8, 4) is 5.75 Å². The van der Waals surface area contributed by atoms with E-state index in [-0.39, 0.29) is 10.6 Å². The van der Waals surface area contributed by atoms with Gasteiger partial charge in [0.2, 0.25) is 0 Å². The Bertz CT molecular complexity index is 797. The number of ether oxygens (including phenoxy) is 1. The third-order valence-corrected chi connectivity index (χ3v) is 4.79. The molecule has 1 atom stereocenters. The van der Waals surface area contributed by atoms with E-state index < -0.39 is 0 Å². The maximum Gasteiger partial charge on any atom is 0.292 e. The molecule has 0 saturated carbocycles. The van der Waals surface area contributed by atoms with Crippen LogP contribution in [0.4, 0.5) is 17.1 Å². The summed E-state index contributed by atoms with van der Waals surface area (Å²) in [6.07, 6.45) is 0. The molecule has 0 spiro atoms. The molecule has 0 aliphatic carbocycles. The maximum absolute atomic E-state index is 11.4. The molecule has 7 heteroatoms. The molecule has 1 aliphatic heterocycles. The lowest BCUT2D eigenvalue weighted by atomic mass is 10.1. The van der Waals surface area contributed by atoms with E-state index in [0.29, 0.717) is 24.9 Å². The Morgan fingerprint density at radius 2 is 2.15 bits per heavy atom. The minimum Gasteiger partial charge on any atom is -0.491 e. The van der Waals surface area contributed by atoms with Gasteiger partial charge in [-0.25, -0.2) is 0 Å². The number of nitro groups is 1. The highest BCUT2D eigenvalue weighted by Crippen LogP contribution is 2.29. The zero-order valence-corrected chi connectivity index (χ0v) is 15.9. The number of hydrogen-bond acceptors (Lipinski definition) is 5. The summed E-state index contributed by atoms with van der Waals surface area (Å²) in [5, 5.41) is 16.9. The number of nitrogens with zero attached hydrogens (tertiary/aromatic N) is 2. The summed E-state index contributed by atoms with van der Waals surface area (Å²) in [6, 6.07) is 13.6. The van der Waals surface area contributed by atoms with Crippen LogP contribution in [0.1, 0.15) is 12.5 Å². The number of piperazine rings is 1. The number of anilines is 2. The van der Waals surface area contributed by atoms with Crippen molar-refractivity contribution in [3.63, 3.8) is 0 Å². The first-order chi connectivity index (χ1) is 13.0. The van der Waals surface area contributed by atoms with E-state index in [2.05, 4.69) is 22.5 Å². The molecule has 0 radical (unpaired) electrons. The minimum atomic E-state index is -0.346. The van der Waals surface area contributed by atoms with Crippen LogP contribution in [0.2, 0.25) is 0 Å². The molecule has 3 N–H and O–H groups in total. The topological polar surface area (TPSA) is 84.2 Å². The van der Waals surface area contributed by atoms with Gasteiger partial charge >= 0.3 is 0 Å². The Kier molecular flexibility index (Phi) is 6.13. The number of hydrogen-bond donors (Lipinski definition) is 2. The zero-order valence-electron chi connectivity index (χ0n) is 15.9. The van der Waals surface area contributed by atoms with Gasteiger partial charge in [0.05, 0.1) is 24.6 Å². The normalized spacial score (nSPS) is 16.8. The molecule has 0 amide bonds. The fourth-order valence-corrected chi connectivity index (χ4v) is 3.35. The molecule has 0 aromatic heterocycles. The Morgan fingerprint density at radius 3 is 2.89 bits per heavy atom. The summed E-state index contributed by atoms with van der Waals surface area (Å²) in [5.74, 6) is 0.834. The Hall–Kier alpha value is -2.80. The van der Waals surface area contributed by atoms with E-state index in [1.807, 2.05) is 43.3 Å². The average molecular weight is 371 g/mol. The summed E-state index contributed by atoms with van der Waals surface area (Å²) >= 11 is 0. The molecule has 1 aliphatic rings. The summed E-state index contributed by atoms with van der Waals surface area (Å²) in [6.45, 7) is 8.02. The van der Waals surface area contributed by atoms with Gasteiger partial charge in [-0.15, -0.1) is 0 Å². The Morgan fingerprint density at radius 1 is 1.33 bits per heavy atom. The molecular formula is C20H27N4O3+. The van der Waals surface area contributed by atoms with Gasteiger partial charge in [-0.05, 0) is 37.6 Å². The van der Waals surface area contributed by atoms with Crippen molar-refractivity contribution < 1.29 is 15.0 Å². The van der Waals surface area contributed by atoms with E-state index >= 15 is 0 Å². The van der Waals surface area contributed by atoms with Crippen molar-refractivity contribution in [1.29, 1.82) is 0 Å². The fraction of sp³-hybridized carbons (Fsp3) is 0.400. The number of rotatable bonds is 7. The number of nitrogens with two attached hydrogens (primary N) is 1. The van der Waals surface area contributed by atoms with Crippen molar-refractivity contribution in [2.45, 2.75) is 19.9 Å². The van der Waals surface area contributed by atoms with Gasteiger partial charge < -0.3 is 20.3 Å². The molecule has 1 fully saturated rings. The summed E-state index contributed by atoms with van der Waals surface area (Å²) in [5.41, 5.74) is 2.71. The van der Waals surface area contributed by atoms with Gasteiger partial charge in [-0.2, -0.15) is 0 Å².